The van der Waals surface area contributed by atoms with E-state index >= 15 is 0 Å². The Balaban J connectivity index is 1.48. The summed E-state index contributed by atoms with van der Waals surface area (Å²) in [5, 5.41) is 14.9. The second-order valence-corrected chi connectivity index (χ2v) is 9.50. The minimum Gasteiger partial charge on any atom is -0.497 e. The molecule has 0 saturated carbocycles. The molecule has 3 aromatic rings. The van der Waals surface area contributed by atoms with E-state index in [-0.39, 0.29) is 17.7 Å². The largest absolute Gasteiger partial charge is 0.497 e. The fraction of sp³-hybridized carbons (Fsp3) is 0.409. The Morgan fingerprint density at radius 3 is 2.73 bits per heavy atom. The first-order valence-electron chi connectivity index (χ1n) is 10.2. The summed E-state index contributed by atoms with van der Waals surface area (Å²) in [6.45, 7) is 4.26. The van der Waals surface area contributed by atoms with Crippen molar-refractivity contribution in [2.75, 3.05) is 18.2 Å². The number of nitrogens with zero attached hydrogens (tertiary/aromatic N) is 3. The van der Waals surface area contributed by atoms with E-state index in [4.69, 9.17) is 4.74 Å². The van der Waals surface area contributed by atoms with Crippen LogP contribution >= 0.6 is 23.1 Å². The average molecular weight is 443 g/mol. The molecule has 1 N–H and O–H groups in total. The van der Waals surface area contributed by atoms with Gasteiger partial charge in [-0.2, -0.15) is 0 Å². The lowest BCUT2D eigenvalue weighted by Crippen LogP contribution is -2.15. The number of hydrogen-bond donors (Lipinski definition) is 1. The Kier molecular flexibility index (Phi) is 6.43. The van der Waals surface area contributed by atoms with Crippen molar-refractivity contribution in [1.82, 2.24) is 14.8 Å². The zero-order valence-corrected chi connectivity index (χ0v) is 19.1. The van der Waals surface area contributed by atoms with Gasteiger partial charge < -0.3 is 10.1 Å². The van der Waals surface area contributed by atoms with Crippen LogP contribution in [0.25, 0.3) is 11.4 Å². The number of hydrogen-bond acceptors (Lipinski definition) is 6. The standard InChI is InChI=1S/C22H26N4O2S2/c1-14(2)26-21(18-12-29-19-7-5-4-6-17(18)19)24-25-22(26)30-13-20(27)23-15-8-10-16(28-3)11-9-15/h8-12,14H,4-7,13H2,1-3H3,(H,23,27). The van der Waals surface area contributed by atoms with Crippen molar-refractivity contribution >= 4 is 34.7 Å². The predicted octanol–water partition coefficient (Wildman–Crippen LogP) is 5.21. The zero-order valence-electron chi connectivity index (χ0n) is 17.5. The molecule has 1 amide bonds. The first kappa shape index (κ1) is 20.9. The third kappa shape index (κ3) is 4.39. The molecule has 4 rings (SSSR count). The number of thioether (sulfide) groups is 1. The Morgan fingerprint density at radius 2 is 2.00 bits per heavy atom. The molecule has 0 fully saturated rings. The first-order valence-corrected chi connectivity index (χ1v) is 12.0. The average Bonchev–Trinajstić information content (AvgIpc) is 3.36. The highest BCUT2D eigenvalue weighted by molar-refractivity contribution is 7.99. The maximum atomic E-state index is 12.4. The lowest BCUT2D eigenvalue weighted by Gasteiger charge is -2.16. The molecule has 1 aromatic carbocycles. The molecule has 30 heavy (non-hydrogen) atoms. The van der Waals surface area contributed by atoms with E-state index in [1.54, 1.807) is 7.11 Å². The van der Waals surface area contributed by atoms with E-state index in [2.05, 4.69) is 39.3 Å². The van der Waals surface area contributed by atoms with E-state index in [9.17, 15) is 4.79 Å². The summed E-state index contributed by atoms with van der Waals surface area (Å²) in [6, 6.07) is 7.52. The first-order chi connectivity index (χ1) is 14.6. The Hall–Kier alpha value is -2.32. The van der Waals surface area contributed by atoms with Gasteiger partial charge in [-0.1, -0.05) is 11.8 Å². The van der Waals surface area contributed by atoms with Gasteiger partial charge in [0.25, 0.3) is 0 Å². The molecule has 0 bridgehead atoms. The van der Waals surface area contributed by atoms with Gasteiger partial charge in [-0.15, -0.1) is 21.5 Å². The van der Waals surface area contributed by atoms with Crippen molar-refractivity contribution in [2.24, 2.45) is 0 Å². The molecule has 2 heterocycles. The van der Waals surface area contributed by atoms with Gasteiger partial charge in [-0.05, 0) is 69.4 Å². The predicted molar refractivity (Wildman–Crippen MR) is 123 cm³/mol. The molecule has 0 unspecified atom stereocenters. The Bertz CT molecular complexity index is 1020. The maximum Gasteiger partial charge on any atom is 0.234 e. The van der Waals surface area contributed by atoms with Crippen LogP contribution in [0, 0.1) is 0 Å². The number of thiophene rings is 1. The van der Waals surface area contributed by atoms with E-state index < -0.39 is 0 Å². The third-order valence-electron chi connectivity index (χ3n) is 5.19. The highest BCUT2D eigenvalue weighted by Crippen LogP contribution is 2.37. The van der Waals surface area contributed by atoms with E-state index in [1.807, 2.05) is 35.6 Å². The molecule has 2 aromatic heterocycles. The number of amides is 1. The van der Waals surface area contributed by atoms with Crippen LogP contribution in [-0.2, 0) is 17.6 Å². The Labute approximate surface area is 185 Å². The van der Waals surface area contributed by atoms with Crippen LogP contribution in [0.3, 0.4) is 0 Å². The summed E-state index contributed by atoms with van der Waals surface area (Å²) >= 11 is 3.26. The van der Waals surface area contributed by atoms with Crippen molar-refractivity contribution in [3.8, 4) is 17.1 Å². The van der Waals surface area contributed by atoms with Gasteiger partial charge in [0.15, 0.2) is 11.0 Å². The molecule has 0 spiro atoms. The van der Waals surface area contributed by atoms with Crippen LogP contribution in [0.5, 0.6) is 5.75 Å². The van der Waals surface area contributed by atoms with Gasteiger partial charge in [0.1, 0.15) is 5.75 Å². The van der Waals surface area contributed by atoms with Gasteiger partial charge in [0, 0.05) is 27.5 Å². The number of methoxy groups -OCH3 is 1. The molecule has 8 heteroatoms. The summed E-state index contributed by atoms with van der Waals surface area (Å²) in [7, 11) is 1.62. The number of ether oxygens (including phenoxy) is 1. The monoisotopic (exact) mass is 442 g/mol. The molecule has 158 valence electrons. The van der Waals surface area contributed by atoms with Crippen LogP contribution < -0.4 is 10.1 Å². The molecule has 0 aliphatic heterocycles. The molecule has 6 nitrogen and oxygen atoms in total. The van der Waals surface area contributed by atoms with Crippen molar-refractivity contribution in [3.63, 3.8) is 0 Å². The molecule has 1 aliphatic carbocycles. The summed E-state index contributed by atoms with van der Waals surface area (Å²) in [5.41, 5.74) is 3.40. The summed E-state index contributed by atoms with van der Waals surface area (Å²) in [4.78, 5) is 13.9. The molecule has 0 atom stereocenters. The number of fused-ring (bicyclic) bond motifs is 1. The van der Waals surface area contributed by atoms with Gasteiger partial charge in [0.2, 0.25) is 5.91 Å². The van der Waals surface area contributed by atoms with E-state index in [0.29, 0.717) is 0 Å². The topological polar surface area (TPSA) is 69.0 Å². The number of carbonyl (C=O) groups is 1. The molecule has 0 radical (unpaired) electrons. The van der Waals surface area contributed by atoms with Gasteiger partial charge in [-0.25, -0.2) is 0 Å². The van der Waals surface area contributed by atoms with Crippen molar-refractivity contribution in [1.29, 1.82) is 0 Å². The van der Waals surface area contributed by atoms with Crippen molar-refractivity contribution in [3.05, 3.63) is 40.1 Å². The van der Waals surface area contributed by atoms with Gasteiger partial charge in [-0.3, -0.25) is 9.36 Å². The number of carbonyl (C=O) groups excluding carboxylic acids is 1. The zero-order chi connectivity index (χ0) is 21.1. The number of aryl methyl sites for hydroxylation is 1. The fourth-order valence-electron chi connectivity index (χ4n) is 3.71. The van der Waals surface area contributed by atoms with E-state index in [1.165, 1.54) is 47.0 Å². The minimum absolute atomic E-state index is 0.0714. The minimum atomic E-state index is -0.0714. The van der Waals surface area contributed by atoms with Crippen LogP contribution in [0.2, 0.25) is 0 Å². The summed E-state index contributed by atoms with van der Waals surface area (Å²) < 4.78 is 7.30. The van der Waals surface area contributed by atoms with Crippen LogP contribution in [-0.4, -0.2) is 33.5 Å². The highest BCUT2D eigenvalue weighted by atomic mass is 32.2. The number of benzene rings is 1. The number of rotatable bonds is 7. The SMILES string of the molecule is COc1ccc(NC(=O)CSc2nnc(-c3csc4c3CCCC4)n2C(C)C)cc1. The second kappa shape index (κ2) is 9.22. The smallest absolute Gasteiger partial charge is 0.234 e. The summed E-state index contributed by atoms with van der Waals surface area (Å²) in [6.07, 6.45) is 4.79. The quantitative estimate of drug-likeness (QED) is 0.509. The maximum absolute atomic E-state index is 12.4. The third-order valence-corrected chi connectivity index (χ3v) is 7.22. The van der Waals surface area contributed by atoms with Crippen LogP contribution in [0.1, 0.15) is 43.2 Å². The molecular weight excluding hydrogens is 416 g/mol. The van der Waals surface area contributed by atoms with Crippen LogP contribution in [0.15, 0.2) is 34.8 Å². The lowest BCUT2D eigenvalue weighted by atomic mass is 9.95. The fourth-order valence-corrected chi connectivity index (χ4v) is 5.70. The van der Waals surface area contributed by atoms with Crippen molar-refractivity contribution in [2.45, 2.75) is 50.7 Å². The number of nitrogens with one attached hydrogen (secondary N) is 1. The molecular formula is C22H26N4O2S2. The highest BCUT2D eigenvalue weighted by Gasteiger charge is 2.23. The second-order valence-electron chi connectivity index (χ2n) is 7.59. The normalized spacial score (nSPS) is 13.3. The van der Waals surface area contributed by atoms with Crippen molar-refractivity contribution < 1.29 is 9.53 Å². The number of anilines is 1. The van der Waals surface area contributed by atoms with Gasteiger partial charge in [0.05, 0.1) is 12.9 Å². The van der Waals surface area contributed by atoms with Crippen LogP contribution in [0.4, 0.5) is 5.69 Å². The molecule has 1 aliphatic rings. The lowest BCUT2D eigenvalue weighted by molar-refractivity contribution is -0.113. The number of aromatic nitrogens is 3. The Morgan fingerprint density at radius 1 is 1.23 bits per heavy atom. The molecule has 0 saturated heterocycles. The van der Waals surface area contributed by atoms with E-state index in [0.717, 1.165) is 28.8 Å². The van der Waals surface area contributed by atoms with Gasteiger partial charge >= 0.3 is 0 Å². The summed E-state index contributed by atoms with van der Waals surface area (Å²) in [5.74, 6) is 1.88.